The maximum Gasteiger partial charge on any atom is 0.319 e. The van der Waals surface area contributed by atoms with Crippen molar-refractivity contribution in [1.29, 1.82) is 0 Å². The molecule has 24 heavy (non-hydrogen) atoms. The summed E-state index contributed by atoms with van der Waals surface area (Å²) in [4.78, 5) is 22.3. The predicted molar refractivity (Wildman–Crippen MR) is 90.4 cm³/mol. The molecule has 1 atom stereocenters. The first-order chi connectivity index (χ1) is 11.6. The highest BCUT2D eigenvalue weighted by Gasteiger charge is 2.28. The monoisotopic (exact) mass is 329 g/mol. The lowest BCUT2D eigenvalue weighted by atomic mass is 10.2. The van der Waals surface area contributed by atoms with Gasteiger partial charge >= 0.3 is 6.03 Å². The summed E-state index contributed by atoms with van der Waals surface area (Å²) in [6.07, 6.45) is 0. The van der Waals surface area contributed by atoms with Crippen LogP contribution in [-0.2, 0) is 0 Å². The van der Waals surface area contributed by atoms with Gasteiger partial charge < -0.3 is 14.3 Å². The third-order valence-electron chi connectivity index (χ3n) is 4.35. The maximum absolute atomic E-state index is 12.0. The van der Waals surface area contributed by atoms with Gasteiger partial charge in [-0.05, 0) is 6.92 Å². The Morgan fingerprint density at radius 3 is 2.46 bits per heavy atom. The van der Waals surface area contributed by atoms with Crippen molar-refractivity contribution < 1.29 is 9.32 Å². The number of urea groups is 1. The summed E-state index contributed by atoms with van der Waals surface area (Å²) in [5, 5.41) is 4.08. The van der Waals surface area contributed by atoms with Crippen LogP contribution < -0.4 is 0 Å². The maximum atomic E-state index is 12.0. The standard InChI is InChI=1S/C17H23N5O2/c1-13(21-9-11-22(12-10-21)17(23)20(2)3)16-18-15(19-24-16)14-7-5-4-6-8-14/h4-8,13H,9-12H2,1-3H3. The Morgan fingerprint density at radius 1 is 1.17 bits per heavy atom. The molecule has 7 heteroatoms. The van der Waals surface area contributed by atoms with E-state index in [0.717, 1.165) is 18.7 Å². The fraction of sp³-hybridized carbons (Fsp3) is 0.471. The van der Waals surface area contributed by atoms with Gasteiger partial charge in [-0.2, -0.15) is 4.98 Å². The van der Waals surface area contributed by atoms with E-state index >= 15 is 0 Å². The Bertz CT molecular complexity index is 677. The Labute approximate surface area is 141 Å². The van der Waals surface area contributed by atoms with Crippen LogP contribution in [0.2, 0.25) is 0 Å². The highest BCUT2D eigenvalue weighted by Crippen LogP contribution is 2.23. The third-order valence-corrected chi connectivity index (χ3v) is 4.35. The number of amides is 2. The summed E-state index contributed by atoms with van der Waals surface area (Å²) < 4.78 is 5.46. The van der Waals surface area contributed by atoms with E-state index in [4.69, 9.17) is 4.52 Å². The van der Waals surface area contributed by atoms with Gasteiger partial charge in [0.25, 0.3) is 0 Å². The van der Waals surface area contributed by atoms with Crippen LogP contribution in [-0.4, -0.2) is 71.1 Å². The molecule has 1 fully saturated rings. The van der Waals surface area contributed by atoms with E-state index in [-0.39, 0.29) is 12.1 Å². The first-order valence-corrected chi connectivity index (χ1v) is 8.15. The number of rotatable bonds is 3. The van der Waals surface area contributed by atoms with E-state index in [9.17, 15) is 4.79 Å². The van der Waals surface area contributed by atoms with Gasteiger partial charge in [-0.15, -0.1) is 0 Å². The van der Waals surface area contributed by atoms with Crippen molar-refractivity contribution in [2.45, 2.75) is 13.0 Å². The van der Waals surface area contributed by atoms with E-state index in [1.54, 1.807) is 19.0 Å². The summed E-state index contributed by atoms with van der Waals surface area (Å²) in [6.45, 7) is 5.07. The van der Waals surface area contributed by atoms with E-state index in [2.05, 4.69) is 22.0 Å². The van der Waals surface area contributed by atoms with Gasteiger partial charge in [0, 0.05) is 45.8 Å². The minimum atomic E-state index is 0.0339. The van der Waals surface area contributed by atoms with Crippen LogP contribution in [0.1, 0.15) is 18.9 Å². The Morgan fingerprint density at radius 2 is 1.83 bits per heavy atom. The second-order valence-corrected chi connectivity index (χ2v) is 6.20. The minimum absolute atomic E-state index is 0.0339. The second kappa shape index (κ2) is 7.00. The molecule has 1 saturated heterocycles. The normalized spacial score (nSPS) is 16.9. The lowest BCUT2D eigenvalue weighted by Crippen LogP contribution is -2.51. The summed E-state index contributed by atoms with van der Waals surface area (Å²) in [7, 11) is 3.56. The molecule has 0 spiro atoms. The molecule has 2 aromatic rings. The Hall–Kier alpha value is -2.41. The molecule has 1 unspecified atom stereocenters. The van der Waals surface area contributed by atoms with Crippen LogP contribution in [0, 0.1) is 0 Å². The first kappa shape index (κ1) is 16.4. The van der Waals surface area contributed by atoms with Crippen molar-refractivity contribution in [1.82, 2.24) is 24.8 Å². The topological polar surface area (TPSA) is 65.7 Å². The van der Waals surface area contributed by atoms with Crippen molar-refractivity contribution in [2.24, 2.45) is 0 Å². The average Bonchev–Trinajstić information content (AvgIpc) is 3.11. The number of aromatic nitrogens is 2. The van der Waals surface area contributed by atoms with E-state index in [1.165, 1.54) is 0 Å². The highest BCUT2D eigenvalue weighted by molar-refractivity contribution is 5.73. The molecule has 7 nitrogen and oxygen atoms in total. The van der Waals surface area contributed by atoms with Gasteiger partial charge in [0.1, 0.15) is 0 Å². The first-order valence-electron chi connectivity index (χ1n) is 8.15. The summed E-state index contributed by atoms with van der Waals surface area (Å²) in [5.74, 6) is 1.22. The van der Waals surface area contributed by atoms with Crippen LogP contribution in [0.15, 0.2) is 34.9 Å². The lowest BCUT2D eigenvalue weighted by Gasteiger charge is -2.37. The van der Waals surface area contributed by atoms with Crippen LogP contribution in [0.5, 0.6) is 0 Å². The molecule has 1 aliphatic heterocycles. The van der Waals surface area contributed by atoms with Gasteiger partial charge in [0.15, 0.2) is 0 Å². The SMILES string of the molecule is CC(c1nc(-c2ccccc2)no1)N1CCN(C(=O)N(C)C)CC1. The van der Waals surface area contributed by atoms with E-state index in [1.807, 2.05) is 35.2 Å². The second-order valence-electron chi connectivity index (χ2n) is 6.20. The smallest absolute Gasteiger partial charge is 0.319 e. The molecule has 0 bridgehead atoms. The predicted octanol–water partition coefficient (Wildman–Crippen LogP) is 2.10. The average molecular weight is 329 g/mol. The molecule has 0 radical (unpaired) electrons. The number of carbonyl (C=O) groups is 1. The molecular formula is C17H23N5O2. The van der Waals surface area contributed by atoms with Crippen LogP contribution >= 0.6 is 0 Å². The minimum Gasteiger partial charge on any atom is -0.337 e. The van der Waals surface area contributed by atoms with Crippen molar-refractivity contribution in [3.63, 3.8) is 0 Å². The highest BCUT2D eigenvalue weighted by atomic mass is 16.5. The van der Waals surface area contributed by atoms with Crippen molar-refractivity contribution in [3.8, 4) is 11.4 Å². The number of benzene rings is 1. The van der Waals surface area contributed by atoms with Crippen molar-refractivity contribution >= 4 is 6.03 Å². The fourth-order valence-electron chi connectivity index (χ4n) is 2.85. The van der Waals surface area contributed by atoms with Gasteiger partial charge in [-0.3, -0.25) is 4.90 Å². The molecule has 0 aliphatic carbocycles. The van der Waals surface area contributed by atoms with Gasteiger partial charge in [0.2, 0.25) is 11.7 Å². The molecule has 2 heterocycles. The molecular weight excluding hydrogens is 306 g/mol. The molecule has 1 aliphatic rings. The largest absolute Gasteiger partial charge is 0.337 e. The van der Waals surface area contributed by atoms with Gasteiger partial charge in [-0.1, -0.05) is 35.5 Å². The zero-order chi connectivity index (χ0) is 17.1. The van der Waals surface area contributed by atoms with Crippen LogP contribution in [0.3, 0.4) is 0 Å². The molecule has 0 N–H and O–H groups in total. The zero-order valence-corrected chi connectivity index (χ0v) is 14.3. The van der Waals surface area contributed by atoms with Gasteiger partial charge in [-0.25, -0.2) is 4.79 Å². The summed E-state index contributed by atoms with van der Waals surface area (Å²) in [5.41, 5.74) is 0.945. The quantitative estimate of drug-likeness (QED) is 0.863. The van der Waals surface area contributed by atoms with Crippen LogP contribution in [0.4, 0.5) is 4.79 Å². The Balaban J connectivity index is 1.63. The third kappa shape index (κ3) is 3.41. The molecule has 1 aromatic carbocycles. The number of hydrogen-bond acceptors (Lipinski definition) is 5. The molecule has 0 saturated carbocycles. The number of piperazine rings is 1. The van der Waals surface area contributed by atoms with Gasteiger partial charge in [0.05, 0.1) is 6.04 Å². The summed E-state index contributed by atoms with van der Waals surface area (Å²) >= 11 is 0. The molecule has 128 valence electrons. The zero-order valence-electron chi connectivity index (χ0n) is 14.3. The van der Waals surface area contributed by atoms with E-state index < -0.39 is 0 Å². The number of hydrogen-bond donors (Lipinski definition) is 0. The number of carbonyl (C=O) groups excluding carboxylic acids is 1. The summed E-state index contributed by atoms with van der Waals surface area (Å²) in [6, 6.07) is 9.89. The van der Waals surface area contributed by atoms with Crippen LogP contribution in [0.25, 0.3) is 11.4 Å². The van der Waals surface area contributed by atoms with Crippen molar-refractivity contribution in [2.75, 3.05) is 40.3 Å². The fourth-order valence-corrected chi connectivity index (χ4v) is 2.85. The Kier molecular flexibility index (Phi) is 4.80. The lowest BCUT2D eigenvalue weighted by molar-refractivity contribution is 0.0912. The van der Waals surface area contributed by atoms with E-state index in [0.29, 0.717) is 24.8 Å². The number of nitrogens with zero attached hydrogens (tertiary/aromatic N) is 5. The molecule has 1 aromatic heterocycles. The molecule has 3 rings (SSSR count). The molecule has 2 amide bonds. The van der Waals surface area contributed by atoms with Crippen molar-refractivity contribution in [3.05, 3.63) is 36.2 Å².